The maximum atomic E-state index is 5.57. The van der Waals surface area contributed by atoms with Gasteiger partial charge in [-0.05, 0) is 22.6 Å². The zero-order valence-corrected chi connectivity index (χ0v) is 13.8. The molecule has 2 rings (SSSR count). The van der Waals surface area contributed by atoms with Gasteiger partial charge in [0.1, 0.15) is 5.75 Å². The quantitative estimate of drug-likeness (QED) is 0.562. The fourth-order valence-electron chi connectivity index (χ4n) is 2.15. The predicted octanol–water partition coefficient (Wildman–Crippen LogP) is 5.14. The van der Waals surface area contributed by atoms with Crippen LogP contribution in [0.4, 0.5) is 0 Å². The van der Waals surface area contributed by atoms with Crippen molar-refractivity contribution in [3.05, 3.63) is 65.2 Å². The van der Waals surface area contributed by atoms with Crippen molar-refractivity contribution in [1.29, 1.82) is 0 Å². The number of para-hydroxylation sites is 1. The molecule has 0 aliphatic rings. The number of ether oxygens (including phenoxy) is 2. The normalized spacial score (nSPS) is 11.8. The van der Waals surface area contributed by atoms with Gasteiger partial charge >= 0.3 is 0 Å². The second kappa shape index (κ2) is 7.28. The Hall–Kier alpha value is -2.06. The summed E-state index contributed by atoms with van der Waals surface area (Å²) >= 11 is 0. The molecule has 0 N–H and O–H groups in total. The van der Waals surface area contributed by atoms with Gasteiger partial charge in [0.2, 0.25) is 0 Å². The first-order chi connectivity index (χ1) is 10.5. The molecule has 116 valence electrons. The van der Waals surface area contributed by atoms with E-state index in [0.29, 0.717) is 0 Å². The Morgan fingerprint density at radius 1 is 0.909 bits per heavy atom. The minimum Gasteiger partial charge on any atom is -0.467 e. The Morgan fingerprint density at radius 3 is 2.23 bits per heavy atom. The van der Waals surface area contributed by atoms with Gasteiger partial charge < -0.3 is 9.47 Å². The summed E-state index contributed by atoms with van der Waals surface area (Å²) < 4.78 is 10.5. The van der Waals surface area contributed by atoms with Crippen molar-refractivity contribution >= 4 is 12.2 Å². The number of benzene rings is 2. The van der Waals surface area contributed by atoms with Gasteiger partial charge in [-0.2, -0.15) is 0 Å². The molecule has 2 nitrogen and oxygen atoms in total. The van der Waals surface area contributed by atoms with E-state index in [1.165, 1.54) is 11.1 Å². The fourth-order valence-corrected chi connectivity index (χ4v) is 2.15. The third kappa shape index (κ3) is 4.47. The van der Waals surface area contributed by atoms with Gasteiger partial charge in [-0.3, -0.25) is 0 Å². The van der Waals surface area contributed by atoms with Crippen molar-refractivity contribution in [3.8, 4) is 5.75 Å². The summed E-state index contributed by atoms with van der Waals surface area (Å²) in [5.74, 6) is 0.826. The molecule has 0 amide bonds. The molecular weight excluding hydrogens is 272 g/mol. The third-order valence-corrected chi connectivity index (χ3v) is 3.48. The van der Waals surface area contributed by atoms with Crippen molar-refractivity contribution in [1.82, 2.24) is 0 Å². The molecule has 2 heteroatoms. The lowest BCUT2D eigenvalue weighted by atomic mass is 9.87. The second-order valence-corrected chi connectivity index (χ2v) is 6.29. The Kier molecular flexibility index (Phi) is 5.40. The first-order valence-corrected chi connectivity index (χ1v) is 7.50. The lowest BCUT2D eigenvalue weighted by Gasteiger charge is -2.18. The highest BCUT2D eigenvalue weighted by molar-refractivity contribution is 5.72. The second-order valence-electron chi connectivity index (χ2n) is 6.29. The van der Waals surface area contributed by atoms with Gasteiger partial charge in [-0.25, -0.2) is 0 Å². The number of methoxy groups -OCH3 is 1. The molecule has 2 aromatic rings. The van der Waals surface area contributed by atoms with Gasteiger partial charge in [0.15, 0.2) is 6.79 Å². The maximum Gasteiger partial charge on any atom is 0.188 e. The Morgan fingerprint density at radius 2 is 1.59 bits per heavy atom. The van der Waals surface area contributed by atoms with Crippen LogP contribution in [0.25, 0.3) is 12.2 Å². The molecule has 0 heterocycles. The van der Waals surface area contributed by atoms with Crippen LogP contribution in [0.2, 0.25) is 0 Å². The molecule has 0 spiro atoms. The van der Waals surface area contributed by atoms with Crippen LogP contribution in [0.3, 0.4) is 0 Å². The molecule has 0 unspecified atom stereocenters. The van der Waals surface area contributed by atoms with E-state index >= 15 is 0 Å². The SMILES string of the molecule is COCOc1ccccc1/C=C/c1ccc(C(C)(C)C)cc1. The highest BCUT2D eigenvalue weighted by Crippen LogP contribution is 2.24. The highest BCUT2D eigenvalue weighted by Gasteiger charge is 2.12. The van der Waals surface area contributed by atoms with E-state index < -0.39 is 0 Å². The van der Waals surface area contributed by atoms with Crippen LogP contribution in [0.5, 0.6) is 5.75 Å². The number of rotatable bonds is 5. The third-order valence-electron chi connectivity index (χ3n) is 3.48. The molecular formula is C20H24O2. The van der Waals surface area contributed by atoms with Crippen molar-refractivity contribution in [2.45, 2.75) is 26.2 Å². The van der Waals surface area contributed by atoms with Crippen molar-refractivity contribution in [3.63, 3.8) is 0 Å². The molecule has 0 radical (unpaired) electrons. The minimum absolute atomic E-state index is 0.183. The minimum atomic E-state index is 0.183. The van der Waals surface area contributed by atoms with Crippen LogP contribution in [-0.2, 0) is 10.2 Å². The van der Waals surface area contributed by atoms with E-state index in [2.05, 4.69) is 57.2 Å². The maximum absolute atomic E-state index is 5.57. The molecule has 0 bridgehead atoms. The molecule has 0 saturated carbocycles. The summed E-state index contributed by atoms with van der Waals surface area (Å²) in [5, 5.41) is 0. The number of hydrogen-bond acceptors (Lipinski definition) is 2. The van der Waals surface area contributed by atoms with Crippen LogP contribution in [0, 0.1) is 0 Å². The predicted molar refractivity (Wildman–Crippen MR) is 93.0 cm³/mol. The summed E-state index contributed by atoms with van der Waals surface area (Å²) in [6.45, 7) is 6.93. The van der Waals surface area contributed by atoms with E-state index in [4.69, 9.17) is 9.47 Å². The fraction of sp³-hybridized carbons (Fsp3) is 0.300. The van der Waals surface area contributed by atoms with Gasteiger partial charge in [0, 0.05) is 12.7 Å². The summed E-state index contributed by atoms with van der Waals surface area (Å²) in [7, 11) is 1.62. The monoisotopic (exact) mass is 296 g/mol. The lowest BCUT2D eigenvalue weighted by molar-refractivity contribution is 0.0510. The van der Waals surface area contributed by atoms with E-state index in [1.807, 2.05) is 24.3 Å². The summed E-state index contributed by atoms with van der Waals surface area (Å²) in [4.78, 5) is 0. The number of hydrogen-bond donors (Lipinski definition) is 0. The average molecular weight is 296 g/mol. The summed E-state index contributed by atoms with van der Waals surface area (Å²) in [6, 6.07) is 16.6. The van der Waals surface area contributed by atoms with Crippen LogP contribution in [0.1, 0.15) is 37.5 Å². The molecule has 0 fully saturated rings. The molecule has 0 atom stereocenters. The smallest absolute Gasteiger partial charge is 0.188 e. The first kappa shape index (κ1) is 16.3. The Balaban J connectivity index is 2.15. The van der Waals surface area contributed by atoms with Crippen LogP contribution >= 0.6 is 0 Å². The Labute approximate surface area is 133 Å². The average Bonchev–Trinajstić information content (AvgIpc) is 2.51. The van der Waals surface area contributed by atoms with Crippen molar-refractivity contribution < 1.29 is 9.47 Å². The lowest BCUT2D eigenvalue weighted by Crippen LogP contribution is -2.10. The zero-order valence-electron chi connectivity index (χ0n) is 13.8. The van der Waals surface area contributed by atoms with Crippen molar-refractivity contribution in [2.24, 2.45) is 0 Å². The zero-order chi connectivity index (χ0) is 16.0. The van der Waals surface area contributed by atoms with E-state index in [1.54, 1.807) is 7.11 Å². The van der Waals surface area contributed by atoms with Crippen LogP contribution < -0.4 is 4.74 Å². The summed E-state index contributed by atoms with van der Waals surface area (Å²) in [6.07, 6.45) is 4.17. The first-order valence-electron chi connectivity index (χ1n) is 7.50. The molecule has 0 aliphatic carbocycles. The molecule has 0 aromatic heterocycles. The summed E-state index contributed by atoms with van der Waals surface area (Å²) in [5.41, 5.74) is 3.74. The highest BCUT2D eigenvalue weighted by atomic mass is 16.7. The molecule has 0 aliphatic heterocycles. The largest absolute Gasteiger partial charge is 0.467 e. The standard InChI is InChI=1S/C20H24O2/c1-20(2,3)18-13-10-16(11-14-18)9-12-17-7-5-6-8-19(17)22-15-21-4/h5-14H,15H2,1-4H3/b12-9+. The van der Waals surface area contributed by atoms with E-state index in [9.17, 15) is 0 Å². The van der Waals surface area contributed by atoms with Gasteiger partial charge in [0.25, 0.3) is 0 Å². The molecule has 2 aromatic carbocycles. The van der Waals surface area contributed by atoms with Crippen molar-refractivity contribution in [2.75, 3.05) is 13.9 Å². The van der Waals surface area contributed by atoms with Crippen LogP contribution in [-0.4, -0.2) is 13.9 Å². The molecule has 22 heavy (non-hydrogen) atoms. The topological polar surface area (TPSA) is 18.5 Å². The van der Waals surface area contributed by atoms with Gasteiger partial charge in [0.05, 0.1) is 0 Å². The van der Waals surface area contributed by atoms with Gasteiger partial charge in [-0.15, -0.1) is 0 Å². The van der Waals surface area contributed by atoms with E-state index in [-0.39, 0.29) is 12.2 Å². The Bertz CT molecular complexity index is 619. The molecule has 0 saturated heterocycles. The van der Waals surface area contributed by atoms with Crippen LogP contribution in [0.15, 0.2) is 48.5 Å². The van der Waals surface area contributed by atoms with Gasteiger partial charge in [-0.1, -0.05) is 75.4 Å². The van der Waals surface area contributed by atoms with E-state index in [0.717, 1.165) is 11.3 Å².